The van der Waals surface area contributed by atoms with E-state index >= 15 is 0 Å². The molecule has 0 amide bonds. The summed E-state index contributed by atoms with van der Waals surface area (Å²) in [6, 6.07) is 6.51. The van der Waals surface area contributed by atoms with Gasteiger partial charge in [-0.25, -0.2) is 4.79 Å². The molecule has 1 heterocycles. The van der Waals surface area contributed by atoms with Crippen molar-refractivity contribution in [3.63, 3.8) is 0 Å². The summed E-state index contributed by atoms with van der Waals surface area (Å²) < 4.78 is 20.9. The molecule has 2 aromatic rings. The molecule has 0 atom stereocenters. The van der Waals surface area contributed by atoms with E-state index in [0.29, 0.717) is 17.7 Å². The monoisotopic (exact) mass is 375 g/mol. The van der Waals surface area contributed by atoms with Gasteiger partial charge in [-0.15, -0.1) is 0 Å². The molecule has 0 fully saturated rings. The minimum Gasteiger partial charge on any atom is -0.481 e. The molecule has 0 aliphatic heterocycles. The standard InChI is InChI=1S/C18H21N3O6/c1-6-12(21-26-5)11-8-7-9-13(16(11)17(22)25-4)27-18-19-14(23-2)10-15(20-18)24-3/h7-10H,6H2,1-5H3/b21-12+. The summed E-state index contributed by atoms with van der Waals surface area (Å²) in [6.07, 6.45) is 0.533. The average molecular weight is 375 g/mol. The molecule has 0 saturated heterocycles. The number of carbonyl (C=O) groups excluding carboxylic acids is 1. The zero-order valence-electron chi connectivity index (χ0n) is 15.8. The summed E-state index contributed by atoms with van der Waals surface area (Å²) in [4.78, 5) is 25.5. The van der Waals surface area contributed by atoms with E-state index in [9.17, 15) is 4.79 Å². The van der Waals surface area contributed by atoms with Gasteiger partial charge in [0.15, 0.2) is 0 Å². The molecule has 1 aromatic heterocycles. The average Bonchev–Trinajstić information content (AvgIpc) is 2.70. The molecule has 144 valence electrons. The molecule has 2 rings (SSSR count). The molecule has 0 saturated carbocycles. The van der Waals surface area contributed by atoms with Gasteiger partial charge in [0.1, 0.15) is 18.4 Å². The van der Waals surface area contributed by atoms with Gasteiger partial charge in [-0.1, -0.05) is 24.2 Å². The lowest BCUT2D eigenvalue weighted by Gasteiger charge is -2.14. The molecule has 9 nitrogen and oxygen atoms in total. The lowest BCUT2D eigenvalue weighted by molar-refractivity contribution is 0.0597. The SMILES string of the molecule is CC/C(=N\OC)c1cccc(Oc2nc(OC)cc(OC)n2)c1C(=O)OC. The fourth-order valence-electron chi connectivity index (χ4n) is 2.32. The number of carbonyl (C=O) groups is 1. The van der Waals surface area contributed by atoms with Crippen molar-refractivity contribution in [1.29, 1.82) is 0 Å². The van der Waals surface area contributed by atoms with Crippen LogP contribution >= 0.6 is 0 Å². The van der Waals surface area contributed by atoms with E-state index in [0.717, 1.165) is 0 Å². The van der Waals surface area contributed by atoms with Gasteiger partial charge in [-0.2, -0.15) is 9.97 Å². The fourth-order valence-corrected chi connectivity index (χ4v) is 2.32. The number of esters is 1. The van der Waals surface area contributed by atoms with Crippen LogP contribution < -0.4 is 14.2 Å². The Morgan fingerprint density at radius 3 is 2.26 bits per heavy atom. The number of ether oxygens (including phenoxy) is 4. The molecule has 0 radical (unpaired) electrons. The highest BCUT2D eigenvalue weighted by atomic mass is 16.6. The maximum Gasteiger partial charge on any atom is 0.342 e. The van der Waals surface area contributed by atoms with Crippen LogP contribution in [-0.2, 0) is 9.57 Å². The van der Waals surface area contributed by atoms with Crippen LogP contribution in [0.1, 0.15) is 29.3 Å². The second-order valence-electron chi connectivity index (χ2n) is 5.08. The molecule has 0 N–H and O–H groups in total. The Morgan fingerprint density at radius 1 is 1.07 bits per heavy atom. The molecule has 1 aromatic carbocycles. The Bertz CT molecular complexity index is 816. The van der Waals surface area contributed by atoms with Crippen molar-refractivity contribution in [2.75, 3.05) is 28.4 Å². The minimum absolute atomic E-state index is 0.0461. The molecule has 27 heavy (non-hydrogen) atoms. The van der Waals surface area contributed by atoms with Crippen LogP contribution in [0, 0.1) is 0 Å². The van der Waals surface area contributed by atoms with Crippen molar-refractivity contribution in [1.82, 2.24) is 9.97 Å². The summed E-state index contributed by atoms with van der Waals surface area (Å²) in [5, 5.41) is 3.98. The Morgan fingerprint density at radius 2 is 1.74 bits per heavy atom. The molecule has 0 aliphatic carbocycles. The van der Waals surface area contributed by atoms with E-state index in [1.165, 1.54) is 34.5 Å². The number of methoxy groups -OCH3 is 3. The zero-order chi connectivity index (χ0) is 19.8. The van der Waals surface area contributed by atoms with Gasteiger partial charge in [0.2, 0.25) is 11.8 Å². The minimum atomic E-state index is -0.590. The molecule has 9 heteroatoms. The van der Waals surface area contributed by atoms with Crippen LogP contribution in [-0.4, -0.2) is 50.1 Å². The second-order valence-corrected chi connectivity index (χ2v) is 5.08. The highest BCUT2D eigenvalue weighted by Crippen LogP contribution is 2.30. The zero-order valence-corrected chi connectivity index (χ0v) is 15.8. The molecule has 0 unspecified atom stereocenters. The highest BCUT2D eigenvalue weighted by molar-refractivity contribution is 6.10. The third-order valence-electron chi connectivity index (χ3n) is 3.54. The first-order chi connectivity index (χ1) is 13.1. The fraction of sp³-hybridized carbons (Fsp3) is 0.333. The van der Waals surface area contributed by atoms with Crippen molar-refractivity contribution in [2.24, 2.45) is 5.16 Å². The third-order valence-corrected chi connectivity index (χ3v) is 3.54. The lowest BCUT2D eigenvalue weighted by Crippen LogP contribution is -2.13. The van der Waals surface area contributed by atoms with Gasteiger partial charge in [-0.3, -0.25) is 0 Å². The van der Waals surface area contributed by atoms with E-state index in [1.807, 2.05) is 6.92 Å². The van der Waals surface area contributed by atoms with Gasteiger partial charge >= 0.3 is 12.0 Å². The van der Waals surface area contributed by atoms with Crippen molar-refractivity contribution in [3.8, 4) is 23.5 Å². The van der Waals surface area contributed by atoms with Gasteiger partial charge in [0, 0.05) is 5.56 Å². The van der Waals surface area contributed by atoms with Crippen molar-refractivity contribution in [3.05, 3.63) is 35.4 Å². The number of aromatic nitrogens is 2. The Balaban J connectivity index is 2.57. The van der Waals surface area contributed by atoms with Crippen LogP contribution in [0.25, 0.3) is 0 Å². The number of hydrogen-bond donors (Lipinski definition) is 0. The number of oxime groups is 1. The molecular formula is C18H21N3O6. The molecular weight excluding hydrogens is 354 g/mol. The summed E-state index contributed by atoms with van der Waals surface area (Å²) >= 11 is 0. The normalized spacial score (nSPS) is 10.9. The summed E-state index contributed by atoms with van der Waals surface area (Å²) in [5.74, 6) is 0.116. The first kappa shape index (κ1) is 20.0. The van der Waals surface area contributed by atoms with Crippen molar-refractivity contribution in [2.45, 2.75) is 13.3 Å². The summed E-state index contributed by atoms with van der Waals surface area (Å²) in [6.45, 7) is 1.89. The van der Waals surface area contributed by atoms with Gasteiger partial charge < -0.3 is 23.8 Å². The Labute approximate surface area is 156 Å². The summed E-state index contributed by atoms with van der Waals surface area (Å²) in [5.41, 5.74) is 1.27. The van der Waals surface area contributed by atoms with Gasteiger partial charge in [0.05, 0.1) is 33.1 Å². The number of hydrogen-bond acceptors (Lipinski definition) is 9. The number of nitrogens with zero attached hydrogens (tertiary/aromatic N) is 3. The first-order valence-corrected chi connectivity index (χ1v) is 8.04. The Kier molecular flexibility index (Phi) is 6.93. The van der Waals surface area contributed by atoms with Crippen molar-refractivity contribution < 1.29 is 28.6 Å². The van der Waals surface area contributed by atoms with Crippen LogP contribution in [0.3, 0.4) is 0 Å². The van der Waals surface area contributed by atoms with Gasteiger partial charge in [-0.05, 0) is 12.5 Å². The Hall–Kier alpha value is -3.36. The molecule has 0 bridgehead atoms. The predicted molar refractivity (Wildman–Crippen MR) is 96.8 cm³/mol. The van der Waals surface area contributed by atoms with Crippen LogP contribution in [0.15, 0.2) is 29.4 Å². The number of rotatable bonds is 8. The van der Waals surface area contributed by atoms with Crippen LogP contribution in [0.2, 0.25) is 0 Å². The topological polar surface area (TPSA) is 101 Å². The maximum atomic E-state index is 12.4. The number of benzene rings is 1. The largest absolute Gasteiger partial charge is 0.481 e. The third kappa shape index (κ3) is 4.63. The quantitative estimate of drug-likeness (QED) is 0.394. The first-order valence-electron chi connectivity index (χ1n) is 8.04. The van der Waals surface area contributed by atoms with E-state index in [1.54, 1.807) is 18.2 Å². The van der Waals surface area contributed by atoms with Gasteiger partial charge in [0.25, 0.3) is 0 Å². The van der Waals surface area contributed by atoms with Crippen LogP contribution in [0.5, 0.6) is 23.5 Å². The molecule has 0 spiro atoms. The smallest absolute Gasteiger partial charge is 0.342 e. The second kappa shape index (κ2) is 9.37. The predicted octanol–water partition coefficient (Wildman–Crippen LogP) is 2.83. The lowest BCUT2D eigenvalue weighted by atomic mass is 10.0. The van der Waals surface area contributed by atoms with Crippen LogP contribution in [0.4, 0.5) is 0 Å². The molecule has 0 aliphatic rings. The van der Waals surface area contributed by atoms with Crippen molar-refractivity contribution >= 4 is 11.7 Å². The van der Waals surface area contributed by atoms with E-state index in [2.05, 4.69) is 15.1 Å². The van der Waals surface area contributed by atoms with E-state index in [4.69, 9.17) is 23.8 Å². The van der Waals surface area contributed by atoms with E-state index in [-0.39, 0.29) is 29.1 Å². The highest BCUT2D eigenvalue weighted by Gasteiger charge is 2.22. The maximum absolute atomic E-state index is 12.4. The summed E-state index contributed by atoms with van der Waals surface area (Å²) in [7, 11) is 5.64. The van der Waals surface area contributed by atoms with E-state index < -0.39 is 5.97 Å².